The molecular formula is C31H40N2O6S. The lowest BCUT2D eigenvalue weighted by Crippen LogP contribution is -2.21. The molecule has 3 atom stereocenters. The number of hydrogen-bond acceptors (Lipinski definition) is 7. The first-order chi connectivity index (χ1) is 19.2. The Labute approximate surface area is 239 Å². The second kappa shape index (κ2) is 14.8. The van der Waals surface area contributed by atoms with Crippen molar-refractivity contribution in [1.82, 2.24) is 9.71 Å². The quantitative estimate of drug-likeness (QED) is 0.389. The maximum atomic E-state index is 12.0. The molecule has 9 heteroatoms. The topological polar surface area (TPSA) is 107 Å². The van der Waals surface area contributed by atoms with Gasteiger partial charge in [0.2, 0.25) is 11.8 Å². The largest absolute Gasteiger partial charge is 0.490 e. The van der Waals surface area contributed by atoms with Crippen LogP contribution in [0, 0.1) is 0 Å². The Kier molecular flexibility index (Phi) is 11.5. The number of aliphatic hydroxyl groups is 1. The lowest BCUT2D eigenvalue weighted by atomic mass is 10.1. The molecule has 1 aliphatic carbocycles. The van der Waals surface area contributed by atoms with Crippen LogP contribution < -0.4 is 18.9 Å². The van der Waals surface area contributed by atoms with Crippen molar-refractivity contribution in [3.8, 4) is 17.4 Å². The van der Waals surface area contributed by atoms with E-state index in [9.17, 15) is 14.1 Å². The number of aromatic nitrogens is 1. The van der Waals surface area contributed by atoms with Gasteiger partial charge in [0.25, 0.3) is 0 Å². The highest BCUT2D eigenvalue weighted by atomic mass is 32.2. The van der Waals surface area contributed by atoms with E-state index in [2.05, 4.69) is 16.3 Å². The summed E-state index contributed by atoms with van der Waals surface area (Å²) in [7, 11) is -1.38. The standard InChI is InChI=1S/C29H34N2O6S.C2H6/c1-20-8-11-22(36-23-12-9-21(10-13-23)26-18-27(32)31-38(26)34)6-4-5-7-25(20)37-24-14-15-28(30-19-24)35-17-16-29(2,3)33;1-2/h4-5,7,9-10,12-15,19,22,26,33H,1,6,8,11,16-18H2,2-3H3,(H,31,32);1-2H3/b5-4-,25-7+;. The van der Waals surface area contributed by atoms with Crippen LogP contribution in [-0.4, -0.2) is 38.5 Å². The summed E-state index contributed by atoms with van der Waals surface area (Å²) >= 11 is 0. The molecule has 0 radical (unpaired) electrons. The van der Waals surface area contributed by atoms with E-state index in [1.165, 1.54) is 0 Å². The molecule has 1 aliphatic heterocycles. The van der Waals surface area contributed by atoms with Crippen LogP contribution in [0.1, 0.15) is 70.6 Å². The van der Waals surface area contributed by atoms with Crippen molar-refractivity contribution >= 4 is 16.9 Å². The Bertz CT molecular complexity index is 1220. The molecule has 216 valence electrons. The molecule has 2 heterocycles. The Morgan fingerprint density at radius 2 is 1.88 bits per heavy atom. The van der Waals surface area contributed by atoms with Crippen molar-refractivity contribution in [2.45, 2.75) is 76.8 Å². The molecular weight excluding hydrogens is 528 g/mol. The Hall–Kier alpha value is -3.43. The van der Waals surface area contributed by atoms with Gasteiger partial charge in [-0.1, -0.05) is 44.7 Å². The number of ether oxygens (including phenoxy) is 3. The van der Waals surface area contributed by atoms with Crippen LogP contribution in [0.2, 0.25) is 0 Å². The number of pyridine rings is 1. The first kappa shape index (κ1) is 31.1. The van der Waals surface area contributed by atoms with Crippen LogP contribution in [0.25, 0.3) is 0 Å². The normalized spacial score (nSPS) is 23.2. The van der Waals surface area contributed by atoms with Crippen LogP contribution in [0.4, 0.5) is 0 Å². The lowest BCUT2D eigenvalue weighted by molar-refractivity contribution is -0.118. The fourth-order valence-corrected chi connectivity index (χ4v) is 5.16. The highest BCUT2D eigenvalue weighted by Crippen LogP contribution is 2.30. The number of allylic oxidation sites excluding steroid dienone is 3. The van der Waals surface area contributed by atoms with Crippen LogP contribution in [0.5, 0.6) is 17.4 Å². The van der Waals surface area contributed by atoms with Crippen molar-refractivity contribution in [2.75, 3.05) is 6.61 Å². The third-order valence-electron chi connectivity index (χ3n) is 6.20. The molecule has 2 N–H and O–H groups in total. The molecule has 0 spiro atoms. The molecule has 40 heavy (non-hydrogen) atoms. The van der Waals surface area contributed by atoms with E-state index in [1.54, 1.807) is 32.2 Å². The number of nitrogens with zero attached hydrogens (tertiary/aromatic N) is 1. The molecule has 2 aromatic rings. The second-order valence-corrected chi connectivity index (χ2v) is 11.4. The van der Waals surface area contributed by atoms with Crippen LogP contribution >= 0.6 is 0 Å². The number of carbonyl (C=O) groups is 1. The van der Waals surface area contributed by atoms with Gasteiger partial charge in [-0.15, -0.1) is 0 Å². The molecule has 1 amide bonds. The molecule has 3 unspecified atom stereocenters. The summed E-state index contributed by atoms with van der Waals surface area (Å²) in [6.07, 6.45) is 10.3. The molecule has 0 saturated carbocycles. The Morgan fingerprint density at radius 1 is 1.15 bits per heavy atom. The number of benzene rings is 1. The van der Waals surface area contributed by atoms with E-state index in [0.29, 0.717) is 36.8 Å². The highest BCUT2D eigenvalue weighted by Gasteiger charge is 2.30. The summed E-state index contributed by atoms with van der Waals surface area (Å²) in [6.45, 7) is 12.1. The van der Waals surface area contributed by atoms with Gasteiger partial charge in [0.1, 0.15) is 34.3 Å². The summed E-state index contributed by atoms with van der Waals surface area (Å²) in [5.41, 5.74) is 0.922. The van der Waals surface area contributed by atoms with Gasteiger partial charge in [-0.05, 0) is 62.1 Å². The molecule has 0 bridgehead atoms. The van der Waals surface area contributed by atoms with E-state index in [0.717, 1.165) is 29.7 Å². The SMILES string of the molecule is C=C1CCC(Oc2ccc(C3CC(=O)NS3=O)cc2)C/C=C\C=C/1Oc1ccc(OCCC(C)(C)O)nc1.CC. The van der Waals surface area contributed by atoms with Gasteiger partial charge < -0.3 is 19.3 Å². The zero-order valence-corrected chi connectivity index (χ0v) is 24.5. The van der Waals surface area contributed by atoms with E-state index in [4.69, 9.17) is 14.2 Å². The smallest absolute Gasteiger partial charge is 0.233 e. The molecule has 1 saturated heterocycles. The molecule has 1 aromatic heterocycles. The van der Waals surface area contributed by atoms with Crippen LogP contribution in [-0.2, 0) is 15.8 Å². The average molecular weight is 569 g/mol. The van der Waals surface area contributed by atoms with Gasteiger partial charge >= 0.3 is 0 Å². The maximum Gasteiger partial charge on any atom is 0.233 e. The molecule has 1 fully saturated rings. The van der Waals surface area contributed by atoms with Gasteiger partial charge in [-0.2, -0.15) is 0 Å². The minimum atomic E-state index is -1.38. The minimum Gasteiger partial charge on any atom is -0.490 e. The fourth-order valence-electron chi connectivity index (χ4n) is 4.00. The predicted octanol–water partition coefficient (Wildman–Crippen LogP) is 5.88. The summed E-state index contributed by atoms with van der Waals surface area (Å²) < 4.78 is 32.4. The van der Waals surface area contributed by atoms with Crippen molar-refractivity contribution in [3.63, 3.8) is 0 Å². The highest BCUT2D eigenvalue weighted by molar-refractivity contribution is 7.84. The number of amides is 1. The zero-order valence-electron chi connectivity index (χ0n) is 23.7. The summed E-state index contributed by atoms with van der Waals surface area (Å²) in [5.74, 6) is 2.24. The first-order valence-corrected chi connectivity index (χ1v) is 14.9. The van der Waals surface area contributed by atoms with E-state index in [1.807, 2.05) is 56.3 Å². The van der Waals surface area contributed by atoms with Crippen molar-refractivity contribution in [3.05, 3.63) is 84.3 Å². The van der Waals surface area contributed by atoms with Gasteiger partial charge in [0.15, 0.2) is 0 Å². The van der Waals surface area contributed by atoms with E-state index < -0.39 is 16.6 Å². The lowest BCUT2D eigenvalue weighted by Gasteiger charge is -2.19. The molecule has 4 rings (SSSR count). The van der Waals surface area contributed by atoms with Crippen molar-refractivity contribution < 1.29 is 28.3 Å². The summed E-state index contributed by atoms with van der Waals surface area (Å²) in [5, 5.41) is 9.47. The average Bonchev–Trinajstić information content (AvgIpc) is 3.30. The molecule has 2 aliphatic rings. The monoisotopic (exact) mass is 568 g/mol. The van der Waals surface area contributed by atoms with Crippen LogP contribution in [0.15, 0.2) is 78.7 Å². The Balaban J connectivity index is 0.00000216. The summed E-state index contributed by atoms with van der Waals surface area (Å²) in [4.78, 5) is 15.8. The molecule has 8 nitrogen and oxygen atoms in total. The predicted molar refractivity (Wildman–Crippen MR) is 157 cm³/mol. The van der Waals surface area contributed by atoms with Crippen LogP contribution in [0.3, 0.4) is 0 Å². The van der Waals surface area contributed by atoms with Crippen molar-refractivity contribution in [1.29, 1.82) is 0 Å². The molecule has 1 aromatic carbocycles. The zero-order chi connectivity index (χ0) is 29.1. The summed E-state index contributed by atoms with van der Waals surface area (Å²) in [6, 6.07) is 11.0. The maximum absolute atomic E-state index is 12.0. The van der Waals surface area contributed by atoms with Gasteiger partial charge in [-0.25, -0.2) is 9.19 Å². The first-order valence-electron chi connectivity index (χ1n) is 13.7. The van der Waals surface area contributed by atoms with Gasteiger partial charge in [0, 0.05) is 25.3 Å². The van der Waals surface area contributed by atoms with E-state index in [-0.39, 0.29) is 23.7 Å². The van der Waals surface area contributed by atoms with Gasteiger partial charge in [-0.3, -0.25) is 9.52 Å². The number of carbonyl (C=O) groups excluding carboxylic acids is 1. The Morgan fingerprint density at radius 3 is 2.50 bits per heavy atom. The van der Waals surface area contributed by atoms with Gasteiger partial charge in [0.05, 0.1) is 23.7 Å². The number of rotatable bonds is 9. The fraction of sp³-hybridized carbons (Fsp3) is 0.419. The second-order valence-electron chi connectivity index (χ2n) is 10.0. The van der Waals surface area contributed by atoms with Crippen molar-refractivity contribution in [2.24, 2.45) is 0 Å². The number of nitrogens with one attached hydrogen (secondary N) is 1. The third-order valence-corrected chi connectivity index (χ3v) is 7.58. The minimum absolute atomic E-state index is 0.0487. The van der Waals surface area contributed by atoms with E-state index >= 15 is 0 Å². The third kappa shape index (κ3) is 9.64. The number of hydrogen-bond donors (Lipinski definition) is 2.